The second kappa shape index (κ2) is 5.41. The lowest BCUT2D eigenvalue weighted by atomic mass is 9.82. The molecular formula is C14H19BrN2O2. The molecule has 1 aromatic carbocycles. The molecule has 1 saturated heterocycles. The quantitative estimate of drug-likeness (QED) is 0.774. The van der Waals surface area contributed by atoms with Crippen LogP contribution >= 0.6 is 15.9 Å². The Bertz CT molecular complexity index is 480. The normalized spacial score (nSPS) is 27.3. The number of rotatable bonds is 1. The van der Waals surface area contributed by atoms with Crippen molar-refractivity contribution in [2.45, 2.75) is 44.7 Å². The van der Waals surface area contributed by atoms with Gasteiger partial charge in [-0.1, -0.05) is 6.07 Å². The molecule has 1 amide bonds. The second-order valence-electron chi connectivity index (χ2n) is 5.34. The van der Waals surface area contributed by atoms with Crippen molar-refractivity contribution in [1.82, 2.24) is 4.90 Å². The molecule has 4 nitrogen and oxygen atoms in total. The number of hydrogen-bond donors (Lipinski definition) is 2. The summed E-state index contributed by atoms with van der Waals surface area (Å²) >= 11 is 3.45. The maximum Gasteiger partial charge on any atom is 0.407 e. The fourth-order valence-electron chi connectivity index (χ4n) is 3.03. The highest BCUT2D eigenvalue weighted by molar-refractivity contribution is 9.10. The molecule has 0 aliphatic carbocycles. The predicted octanol–water partition coefficient (Wildman–Crippen LogP) is 3.67. The van der Waals surface area contributed by atoms with Gasteiger partial charge in [-0.3, -0.25) is 0 Å². The lowest BCUT2D eigenvalue weighted by Crippen LogP contribution is -2.48. The van der Waals surface area contributed by atoms with Crippen molar-refractivity contribution >= 4 is 27.7 Å². The van der Waals surface area contributed by atoms with Crippen LogP contribution in [0.4, 0.5) is 10.5 Å². The molecule has 0 aromatic heterocycles. The van der Waals surface area contributed by atoms with Crippen LogP contribution < -0.4 is 5.73 Å². The molecule has 1 aliphatic rings. The van der Waals surface area contributed by atoms with Gasteiger partial charge >= 0.3 is 6.09 Å². The summed E-state index contributed by atoms with van der Waals surface area (Å²) < 4.78 is 0.908. The molecule has 2 unspecified atom stereocenters. The second-order valence-corrected chi connectivity index (χ2v) is 6.19. The Kier molecular flexibility index (Phi) is 4.04. The first-order valence-corrected chi connectivity index (χ1v) is 7.25. The van der Waals surface area contributed by atoms with Crippen molar-refractivity contribution in [3.8, 4) is 0 Å². The average molecular weight is 327 g/mol. The van der Waals surface area contributed by atoms with E-state index in [-0.39, 0.29) is 12.1 Å². The number of piperidine rings is 1. The first-order chi connectivity index (χ1) is 8.90. The van der Waals surface area contributed by atoms with Crippen LogP contribution in [-0.4, -0.2) is 28.2 Å². The van der Waals surface area contributed by atoms with E-state index < -0.39 is 6.09 Å². The largest absolute Gasteiger partial charge is 0.465 e. The Morgan fingerprint density at radius 2 is 1.95 bits per heavy atom. The standard InChI is InChI=1S/C14H19BrN2O2/c1-8-5-11(6-9(2)17(8)14(18)19)10-3-4-13(16)12(15)7-10/h3-4,7-9,11H,5-6,16H2,1-2H3,(H,18,19). The molecule has 104 valence electrons. The van der Waals surface area contributed by atoms with Gasteiger partial charge in [0.2, 0.25) is 0 Å². The Labute approximate surface area is 121 Å². The minimum Gasteiger partial charge on any atom is -0.465 e. The number of carbonyl (C=O) groups is 1. The van der Waals surface area contributed by atoms with Crippen molar-refractivity contribution in [2.24, 2.45) is 0 Å². The third kappa shape index (κ3) is 2.86. The van der Waals surface area contributed by atoms with Crippen molar-refractivity contribution in [1.29, 1.82) is 0 Å². The van der Waals surface area contributed by atoms with Gasteiger partial charge in [-0.25, -0.2) is 4.79 Å². The average Bonchev–Trinajstić information content (AvgIpc) is 2.31. The minimum atomic E-state index is -0.822. The molecule has 0 saturated carbocycles. The van der Waals surface area contributed by atoms with Crippen LogP contribution in [0.3, 0.4) is 0 Å². The van der Waals surface area contributed by atoms with Gasteiger partial charge in [0.15, 0.2) is 0 Å². The Hall–Kier alpha value is -1.23. The fourth-order valence-corrected chi connectivity index (χ4v) is 3.42. The van der Waals surface area contributed by atoms with Gasteiger partial charge in [0.1, 0.15) is 0 Å². The minimum absolute atomic E-state index is 0.0441. The van der Waals surface area contributed by atoms with E-state index in [1.807, 2.05) is 26.0 Å². The number of amides is 1. The molecular weight excluding hydrogens is 308 g/mol. The number of benzene rings is 1. The van der Waals surface area contributed by atoms with E-state index in [0.29, 0.717) is 5.92 Å². The fraction of sp³-hybridized carbons (Fsp3) is 0.500. The summed E-state index contributed by atoms with van der Waals surface area (Å²) in [5, 5.41) is 9.22. The smallest absolute Gasteiger partial charge is 0.407 e. The summed E-state index contributed by atoms with van der Waals surface area (Å²) in [4.78, 5) is 12.8. The summed E-state index contributed by atoms with van der Waals surface area (Å²) in [5.74, 6) is 0.387. The Balaban J connectivity index is 2.20. The van der Waals surface area contributed by atoms with Gasteiger partial charge in [0, 0.05) is 22.2 Å². The lowest BCUT2D eigenvalue weighted by molar-refractivity contribution is 0.0767. The molecule has 0 bridgehead atoms. The van der Waals surface area contributed by atoms with Gasteiger partial charge in [-0.2, -0.15) is 0 Å². The van der Waals surface area contributed by atoms with E-state index in [9.17, 15) is 9.90 Å². The number of halogens is 1. The molecule has 0 spiro atoms. The van der Waals surface area contributed by atoms with E-state index >= 15 is 0 Å². The van der Waals surface area contributed by atoms with Gasteiger partial charge in [-0.05, 0) is 66.2 Å². The van der Waals surface area contributed by atoms with E-state index in [4.69, 9.17) is 5.73 Å². The van der Waals surface area contributed by atoms with Crippen LogP contribution in [0, 0.1) is 0 Å². The molecule has 2 atom stereocenters. The van der Waals surface area contributed by atoms with E-state index in [0.717, 1.165) is 23.0 Å². The molecule has 3 N–H and O–H groups in total. The van der Waals surface area contributed by atoms with Crippen LogP contribution in [0.25, 0.3) is 0 Å². The van der Waals surface area contributed by atoms with Crippen molar-refractivity contribution in [3.05, 3.63) is 28.2 Å². The van der Waals surface area contributed by atoms with Crippen LogP contribution in [0.5, 0.6) is 0 Å². The zero-order chi connectivity index (χ0) is 14.2. The topological polar surface area (TPSA) is 66.6 Å². The van der Waals surface area contributed by atoms with E-state index in [1.165, 1.54) is 5.56 Å². The highest BCUT2D eigenvalue weighted by Crippen LogP contribution is 2.36. The summed E-state index contributed by atoms with van der Waals surface area (Å²) in [5.41, 5.74) is 7.76. The van der Waals surface area contributed by atoms with Crippen molar-refractivity contribution < 1.29 is 9.90 Å². The predicted molar refractivity (Wildman–Crippen MR) is 79.3 cm³/mol. The molecule has 1 aliphatic heterocycles. The molecule has 2 rings (SSSR count). The van der Waals surface area contributed by atoms with Crippen molar-refractivity contribution in [2.75, 3.05) is 5.73 Å². The van der Waals surface area contributed by atoms with Gasteiger partial charge < -0.3 is 15.7 Å². The number of nitrogens with two attached hydrogens (primary N) is 1. The highest BCUT2D eigenvalue weighted by atomic mass is 79.9. The molecule has 1 fully saturated rings. The van der Waals surface area contributed by atoms with Crippen LogP contribution in [-0.2, 0) is 0 Å². The van der Waals surface area contributed by atoms with Crippen molar-refractivity contribution in [3.63, 3.8) is 0 Å². The van der Waals surface area contributed by atoms with Gasteiger partial charge in [-0.15, -0.1) is 0 Å². The molecule has 1 heterocycles. The molecule has 19 heavy (non-hydrogen) atoms. The third-order valence-electron chi connectivity index (χ3n) is 3.92. The Morgan fingerprint density at radius 1 is 1.37 bits per heavy atom. The SMILES string of the molecule is CC1CC(c2ccc(N)c(Br)c2)CC(C)N1C(=O)O. The maximum atomic E-state index is 11.2. The zero-order valence-corrected chi connectivity index (χ0v) is 12.7. The summed E-state index contributed by atoms with van der Waals surface area (Å²) in [6.45, 7) is 3.95. The number of nitrogens with zero attached hydrogens (tertiary/aromatic N) is 1. The lowest BCUT2D eigenvalue weighted by Gasteiger charge is -2.41. The van der Waals surface area contributed by atoms with Crippen LogP contribution in [0.1, 0.15) is 38.2 Å². The Morgan fingerprint density at radius 3 is 2.42 bits per heavy atom. The maximum absolute atomic E-state index is 11.2. The number of nitrogen functional groups attached to an aromatic ring is 1. The number of likely N-dealkylation sites (tertiary alicyclic amines) is 1. The zero-order valence-electron chi connectivity index (χ0n) is 11.1. The van der Waals surface area contributed by atoms with E-state index in [2.05, 4.69) is 22.0 Å². The van der Waals surface area contributed by atoms with Gasteiger partial charge in [0.25, 0.3) is 0 Å². The summed E-state index contributed by atoms with van der Waals surface area (Å²) in [7, 11) is 0. The first kappa shape index (κ1) is 14.2. The molecule has 0 radical (unpaired) electrons. The van der Waals surface area contributed by atoms with E-state index in [1.54, 1.807) is 4.90 Å². The van der Waals surface area contributed by atoms with Gasteiger partial charge in [0.05, 0.1) is 0 Å². The first-order valence-electron chi connectivity index (χ1n) is 6.46. The van der Waals surface area contributed by atoms with Crippen LogP contribution in [0.15, 0.2) is 22.7 Å². The summed E-state index contributed by atoms with van der Waals surface area (Å²) in [6, 6.07) is 6.08. The third-order valence-corrected chi connectivity index (χ3v) is 4.60. The molecule has 1 aromatic rings. The van der Waals surface area contributed by atoms with Crippen LogP contribution in [0.2, 0.25) is 0 Å². The summed E-state index contributed by atoms with van der Waals surface area (Å²) in [6.07, 6.45) is 0.886. The molecule has 5 heteroatoms. The number of hydrogen-bond acceptors (Lipinski definition) is 2. The number of carboxylic acid groups (broad SMARTS) is 1. The monoisotopic (exact) mass is 326 g/mol. The highest BCUT2D eigenvalue weighted by Gasteiger charge is 2.34. The number of anilines is 1.